The first-order valence-corrected chi connectivity index (χ1v) is 24.2. The smallest absolute Gasteiger partial charge is 0.407 e. The third kappa shape index (κ3) is 9.14. The lowest BCUT2D eigenvalue weighted by atomic mass is 9.93. The van der Waals surface area contributed by atoms with Gasteiger partial charge in [0.05, 0.1) is 18.4 Å². The first-order chi connectivity index (χ1) is 29.4. The van der Waals surface area contributed by atoms with Crippen molar-refractivity contribution in [2.24, 2.45) is 11.3 Å². The number of rotatable bonds is 10. The highest BCUT2D eigenvalue weighted by molar-refractivity contribution is 7.92. The molecule has 0 bridgehead atoms. The third-order valence-electron chi connectivity index (χ3n) is 13.6. The molecule has 1 aromatic heterocycles. The summed E-state index contributed by atoms with van der Waals surface area (Å²) in [4.78, 5) is 43.8. The number of carbonyl (C=O) groups is 3. The number of hydrogen-bond donors (Lipinski definition) is 3. The van der Waals surface area contributed by atoms with E-state index in [1.54, 1.807) is 18.7 Å². The number of sulfone groups is 1. The number of amides is 3. The zero-order chi connectivity index (χ0) is 42.9. The average molecular weight is 855 g/mol. The largest absolute Gasteiger partial charge is 0.484 e. The topological polar surface area (TPSA) is 156 Å². The van der Waals surface area contributed by atoms with E-state index in [0.29, 0.717) is 49.9 Å². The Hall–Kier alpha value is -4.62. The lowest BCUT2D eigenvalue weighted by molar-refractivity contribution is -0.140. The van der Waals surface area contributed by atoms with Crippen molar-refractivity contribution < 1.29 is 36.7 Å². The molecule has 2 aliphatic heterocycles. The van der Waals surface area contributed by atoms with E-state index in [2.05, 4.69) is 66.2 Å². The molecule has 0 radical (unpaired) electrons. The highest BCUT2D eigenvalue weighted by Crippen LogP contribution is 2.53. The Morgan fingerprint density at radius 3 is 2.67 bits per heavy atom. The number of hydrogen-bond acceptors (Lipinski definition) is 9. The molecule has 3 heterocycles. The van der Waals surface area contributed by atoms with Gasteiger partial charge >= 0.3 is 6.09 Å². The summed E-state index contributed by atoms with van der Waals surface area (Å²) in [5, 5.41) is 10.4. The van der Waals surface area contributed by atoms with E-state index in [4.69, 9.17) is 13.9 Å². The number of benzene rings is 2. The second kappa shape index (κ2) is 18.0. The molecule has 13 heteroatoms. The van der Waals surface area contributed by atoms with E-state index in [9.17, 15) is 22.8 Å². The predicted octanol–water partition coefficient (Wildman–Crippen LogP) is 5.52. The van der Waals surface area contributed by atoms with Gasteiger partial charge in [0.15, 0.2) is 21.0 Å². The number of allylic oxidation sites excluding steroid dienone is 2. The van der Waals surface area contributed by atoms with Crippen LogP contribution >= 0.6 is 0 Å². The Morgan fingerprint density at radius 2 is 1.89 bits per heavy atom. The molecule has 2 aromatic carbocycles. The van der Waals surface area contributed by atoms with E-state index in [0.717, 1.165) is 77.8 Å². The summed E-state index contributed by atoms with van der Waals surface area (Å²) >= 11 is 0. The number of para-hydroxylation sites is 1. The minimum absolute atomic E-state index is 0.122. The molecule has 8 rings (SSSR count). The Morgan fingerprint density at radius 1 is 1.07 bits per heavy atom. The van der Waals surface area contributed by atoms with Crippen LogP contribution in [-0.4, -0.2) is 86.3 Å². The van der Waals surface area contributed by atoms with Crippen molar-refractivity contribution in [1.82, 2.24) is 20.9 Å². The van der Waals surface area contributed by atoms with Crippen LogP contribution in [0, 0.1) is 11.3 Å². The Bertz CT molecular complexity index is 2420. The summed E-state index contributed by atoms with van der Waals surface area (Å²) in [6, 6.07) is 12.8. The van der Waals surface area contributed by atoms with Gasteiger partial charge in [-0.25, -0.2) is 13.2 Å². The summed E-state index contributed by atoms with van der Waals surface area (Å²) in [5.74, 6) is 0.123. The molecule has 0 spiro atoms. The van der Waals surface area contributed by atoms with E-state index in [1.807, 2.05) is 18.2 Å². The average Bonchev–Trinajstić information content (AvgIpc) is 4.15. The highest BCUT2D eigenvalue weighted by Gasteiger charge is 2.54. The molecule has 12 nitrogen and oxygen atoms in total. The zero-order valence-corrected chi connectivity index (χ0v) is 36.9. The fraction of sp³-hybridized carbons (Fsp3) is 0.562. The van der Waals surface area contributed by atoms with Crippen LogP contribution in [0.25, 0.3) is 22.3 Å². The van der Waals surface area contributed by atoms with E-state index in [-0.39, 0.29) is 48.0 Å². The van der Waals surface area contributed by atoms with Crippen molar-refractivity contribution in [3.8, 4) is 0 Å². The predicted molar refractivity (Wildman–Crippen MR) is 235 cm³/mol. The lowest BCUT2D eigenvalue weighted by Gasteiger charge is -2.29. The van der Waals surface area contributed by atoms with Crippen molar-refractivity contribution in [2.45, 2.75) is 134 Å². The lowest BCUT2D eigenvalue weighted by Crippen LogP contribution is -2.54. The standard InChI is InChI=1S/C48H62N4O8S/c1-5-32-19-21-33-20-18-30(3)42-37-15-12-13-17-41(37)60-44(42)43(38(33)24-32)59-35-25-40-45(53)50-29-48(28-49-31(4)61(56,57)36-22-23-36)26-34(48)14-10-8-7-9-11-16-39(46(54)52(40)27-35)51-47(55)58-6-2/h10,12-15,17,19,21,24,31,34-36,39-40,49H,5-9,11,16,18,20,22-23,25-29H2,1-4H3,(H,50,53)(H,51,55). The number of nitrogens with zero attached hydrogens (tertiary/aromatic N) is 1. The molecule has 3 N–H and O–H groups in total. The van der Waals surface area contributed by atoms with Gasteiger partial charge in [-0.2, -0.15) is 0 Å². The molecule has 1 saturated heterocycles. The number of alkyl carbamates (subject to hydrolysis) is 1. The first kappa shape index (κ1) is 43.0. The monoisotopic (exact) mass is 854 g/mol. The number of aryl methyl sites for hydroxylation is 2. The van der Waals surface area contributed by atoms with E-state index in [1.165, 1.54) is 5.57 Å². The van der Waals surface area contributed by atoms with Crippen LogP contribution < -0.4 is 26.6 Å². The van der Waals surface area contributed by atoms with Gasteiger partial charge in [0.25, 0.3) is 0 Å². The molecule has 5 aliphatic rings. The van der Waals surface area contributed by atoms with E-state index < -0.39 is 39.5 Å². The Labute approximate surface area is 359 Å². The summed E-state index contributed by atoms with van der Waals surface area (Å²) in [6.07, 6.45) is 11.9. The molecular formula is C48H62N4O8S. The van der Waals surface area contributed by atoms with Crippen LogP contribution in [0.3, 0.4) is 0 Å². The molecule has 3 aromatic rings. The highest BCUT2D eigenvalue weighted by atomic mass is 32.2. The van der Waals surface area contributed by atoms with Crippen LogP contribution in [-0.2, 0) is 41.7 Å². The van der Waals surface area contributed by atoms with E-state index >= 15 is 0 Å². The molecule has 6 unspecified atom stereocenters. The molecule has 3 aliphatic carbocycles. The van der Waals surface area contributed by atoms with Crippen LogP contribution in [0.2, 0.25) is 0 Å². The summed E-state index contributed by atoms with van der Waals surface area (Å²) < 4.78 is 45.2. The number of fused-ring (bicyclic) bond motifs is 6. The third-order valence-corrected chi connectivity index (χ3v) is 16.2. The molecule has 61 heavy (non-hydrogen) atoms. The van der Waals surface area contributed by atoms with Crippen LogP contribution in [0.4, 0.5) is 4.79 Å². The second-order valence-electron chi connectivity index (χ2n) is 17.9. The van der Waals surface area contributed by atoms with Gasteiger partial charge in [-0.05, 0) is 108 Å². The zero-order valence-electron chi connectivity index (χ0n) is 36.1. The Balaban J connectivity index is 1.14. The fourth-order valence-corrected chi connectivity index (χ4v) is 11.3. The number of nitrogens with one attached hydrogen (secondary N) is 3. The van der Waals surface area contributed by atoms with Gasteiger partial charge in [0, 0.05) is 41.1 Å². The summed E-state index contributed by atoms with van der Waals surface area (Å²) in [5.41, 5.74) is 5.48. The van der Waals surface area contributed by atoms with Crippen molar-refractivity contribution in [2.75, 3.05) is 26.2 Å². The molecule has 3 amide bonds. The van der Waals surface area contributed by atoms with Crippen molar-refractivity contribution in [1.29, 1.82) is 0 Å². The van der Waals surface area contributed by atoms with Crippen LogP contribution in [0.1, 0.15) is 109 Å². The quantitative estimate of drug-likeness (QED) is 0.224. The molecule has 3 fully saturated rings. The number of ether oxygens (including phenoxy) is 2. The van der Waals surface area contributed by atoms with Gasteiger partial charge in [0.2, 0.25) is 11.8 Å². The Kier molecular flexibility index (Phi) is 12.7. The maximum atomic E-state index is 14.8. The normalized spacial score (nSPS) is 26.6. The molecular weight excluding hydrogens is 793 g/mol. The van der Waals surface area contributed by atoms with Gasteiger partial charge in [-0.15, -0.1) is 0 Å². The molecule has 6 atom stereocenters. The van der Waals surface area contributed by atoms with Crippen molar-refractivity contribution >= 4 is 50.0 Å². The SMILES string of the molecule is CCOC(=O)NC1CCCCCC=CC2CC2(CNC(C)S(=O)(=O)C2CC2)CNC(=O)C2CC(OC3=c4oc5ccccc5c4=C(C)CCc4ccc(CC)cc43)CN2C1=O. The van der Waals surface area contributed by atoms with Crippen molar-refractivity contribution in [3.63, 3.8) is 0 Å². The van der Waals surface area contributed by atoms with Crippen LogP contribution in [0.5, 0.6) is 0 Å². The van der Waals surface area contributed by atoms with Gasteiger partial charge in [-0.1, -0.05) is 67.8 Å². The van der Waals surface area contributed by atoms with Gasteiger partial charge in [-0.3, -0.25) is 9.59 Å². The summed E-state index contributed by atoms with van der Waals surface area (Å²) in [6.45, 7) is 8.75. The molecule has 2 saturated carbocycles. The minimum Gasteiger partial charge on any atom is -0.484 e. The maximum Gasteiger partial charge on any atom is 0.407 e. The van der Waals surface area contributed by atoms with Crippen molar-refractivity contribution in [3.05, 3.63) is 81.9 Å². The number of carbonyl (C=O) groups excluding carboxylic acids is 3. The fourth-order valence-electron chi connectivity index (χ4n) is 9.60. The second-order valence-corrected chi connectivity index (χ2v) is 20.5. The van der Waals surface area contributed by atoms with Gasteiger partial charge in [0.1, 0.15) is 29.1 Å². The molecule has 328 valence electrons. The van der Waals surface area contributed by atoms with Crippen LogP contribution in [0.15, 0.2) is 59.0 Å². The number of furan rings is 1. The maximum absolute atomic E-state index is 14.8. The summed E-state index contributed by atoms with van der Waals surface area (Å²) in [7, 11) is -3.28. The first-order valence-electron chi connectivity index (χ1n) is 22.6. The minimum atomic E-state index is -3.28. The van der Waals surface area contributed by atoms with Gasteiger partial charge < -0.3 is 34.7 Å².